The Morgan fingerprint density at radius 3 is 2.54 bits per heavy atom. The lowest BCUT2D eigenvalue weighted by molar-refractivity contribution is -0.0685. The standard InChI is InChI=1S/C21H35NO2/c1-15(2)20-11-10-16(3)12-21(20)24-14-19(23)13-22-17(4)18-8-6-5-7-9-18/h5-9,15-17,19-23H,10-14H2,1-4H3/t16-,17-,19+,20+,21+/m0/s1. The van der Waals surface area contributed by atoms with Crippen LogP contribution in [0.2, 0.25) is 0 Å². The van der Waals surface area contributed by atoms with E-state index in [1.165, 1.54) is 18.4 Å². The van der Waals surface area contributed by atoms with E-state index in [-0.39, 0.29) is 6.04 Å². The van der Waals surface area contributed by atoms with Gasteiger partial charge in [0.1, 0.15) is 0 Å². The molecule has 0 bridgehead atoms. The van der Waals surface area contributed by atoms with Crippen LogP contribution in [0.15, 0.2) is 30.3 Å². The van der Waals surface area contributed by atoms with Crippen molar-refractivity contribution in [2.75, 3.05) is 13.2 Å². The molecular formula is C21H35NO2. The Hall–Kier alpha value is -0.900. The van der Waals surface area contributed by atoms with E-state index in [9.17, 15) is 5.11 Å². The highest BCUT2D eigenvalue weighted by Crippen LogP contribution is 2.35. The van der Waals surface area contributed by atoms with E-state index in [4.69, 9.17) is 4.74 Å². The van der Waals surface area contributed by atoms with Gasteiger partial charge in [-0.15, -0.1) is 0 Å². The third-order valence-corrected chi connectivity index (χ3v) is 5.42. The number of aliphatic hydroxyl groups is 1. The van der Waals surface area contributed by atoms with Crippen molar-refractivity contribution in [3.63, 3.8) is 0 Å². The fourth-order valence-corrected chi connectivity index (χ4v) is 3.77. The van der Waals surface area contributed by atoms with Crippen molar-refractivity contribution in [3.05, 3.63) is 35.9 Å². The number of aliphatic hydroxyl groups excluding tert-OH is 1. The van der Waals surface area contributed by atoms with E-state index in [0.29, 0.717) is 31.1 Å². The Balaban J connectivity index is 1.74. The number of ether oxygens (including phenoxy) is 1. The molecule has 1 saturated carbocycles. The van der Waals surface area contributed by atoms with Crippen molar-refractivity contribution in [2.24, 2.45) is 17.8 Å². The summed E-state index contributed by atoms with van der Waals surface area (Å²) in [5, 5.41) is 13.7. The van der Waals surface area contributed by atoms with Gasteiger partial charge in [0, 0.05) is 12.6 Å². The Morgan fingerprint density at radius 2 is 1.88 bits per heavy atom. The minimum absolute atomic E-state index is 0.235. The fourth-order valence-electron chi connectivity index (χ4n) is 3.77. The minimum atomic E-state index is -0.457. The average Bonchev–Trinajstić information content (AvgIpc) is 2.58. The first-order valence-corrected chi connectivity index (χ1v) is 9.55. The summed E-state index contributed by atoms with van der Waals surface area (Å²) in [7, 11) is 0. The molecule has 0 unspecified atom stereocenters. The van der Waals surface area contributed by atoms with Crippen molar-refractivity contribution in [3.8, 4) is 0 Å². The van der Waals surface area contributed by atoms with Crippen LogP contribution in [-0.2, 0) is 4.74 Å². The maximum absolute atomic E-state index is 10.3. The van der Waals surface area contributed by atoms with Gasteiger partial charge >= 0.3 is 0 Å². The first kappa shape index (κ1) is 19.4. The van der Waals surface area contributed by atoms with E-state index in [0.717, 1.165) is 12.3 Å². The van der Waals surface area contributed by atoms with Crippen molar-refractivity contribution in [1.82, 2.24) is 5.32 Å². The lowest BCUT2D eigenvalue weighted by Crippen LogP contribution is -2.38. The number of rotatable bonds is 8. The quantitative estimate of drug-likeness (QED) is 0.750. The lowest BCUT2D eigenvalue weighted by atomic mass is 9.75. The molecule has 0 radical (unpaired) electrons. The zero-order valence-electron chi connectivity index (χ0n) is 15.7. The number of nitrogens with one attached hydrogen (secondary N) is 1. The molecule has 0 saturated heterocycles. The normalized spacial score (nSPS) is 27.2. The van der Waals surface area contributed by atoms with Crippen LogP contribution in [0.4, 0.5) is 0 Å². The van der Waals surface area contributed by atoms with Crippen molar-refractivity contribution < 1.29 is 9.84 Å². The Morgan fingerprint density at radius 1 is 1.17 bits per heavy atom. The van der Waals surface area contributed by atoms with Gasteiger partial charge in [0.25, 0.3) is 0 Å². The van der Waals surface area contributed by atoms with Crippen LogP contribution in [-0.4, -0.2) is 30.5 Å². The van der Waals surface area contributed by atoms with E-state index < -0.39 is 6.10 Å². The van der Waals surface area contributed by atoms with E-state index >= 15 is 0 Å². The average molecular weight is 334 g/mol. The lowest BCUT2D eigenvalue weighted by Gasteiger charge is -2.37. The molecule has 2 N–H and O–H groups in total. The smallest absolute Gasteiger partial charge is 0.0898 e. The molecule has 0 amide bonds. The van der Waals surface area contributed by atoms with E-state index in [2.05, 4.69) is 45.1 Å². The van der Waals surface area contributed by atoms with Crippen LogP contribution in [0, 0.1) is 17.8 Å². The van der Waals surface area contributed by atoms with Crippen LogP contribution in [0.25, 0.3) is 0 Å². The number of hydrogen-bond acceptors (Lipinski definition) is 3. The molecule has 3 nitrogen and oxygen atoms in total. The summed E-state index contributed by atoms with van der Waals surface area (Å²) < 4.78 is 6.14. The molecule has 1 aromatic rings. The highest BCUT2D eigenvalue weighted by atomic mass is 16.5. The molecule has 1 aromatic carbocycles. The van der Waals surface area contributed by atoms with E-state index in [1.54, 1.807) is 0 Å². The second kappa shape index (κ2) is 9.55. The molecule has 24 heavy (non-hydrogen) atoms. The summed E-state index contributed by atoms with van der Waals surface area (Å²) in [6, 6.07) is 10.6. The van der Waals surface area contributed by atoms with Crippen LogP contribution in [0.5, 0.6) is 0 Å². The second-order valence-electron chi connectivity index (χ2n) is 7.89. The largest absolute Gasteiger partial charge is 0.389 e. The summed E-state index contributed by atoms with van der Waals surface area (Å²) in [4.78, 5) is 0. The van der Waals surface area contributed by atoms with Gasteiger partial charge in [0.15, 0.2) is 0 Å². The fraction of sp³-hybridized carbons (Fsp3) is 0.714. The summed E-state index contributed by atoms with van der Waals surface area (Å²) >= 11 is 0. The van der Waals surface area contributed by atoms with Gasteiger partial charge in [-0.25, -0.2) is 0 Å². The van der Waals surface area contributed by atoms with Crippen LogP contribution in [0.1, 0.15) is 58.6 Å². The molecule has 2 rings (SSSR count). The van der Waals surface area contributed by atoms with Gasteiger partial charge in [-0.05, 0) is 43.1 Å². The molecule has 1 aliphatic rings. The molecule has 0 heterocycles. The monoisotopic (exact) mass is 333 g/mol. The predicted octanol–water partition coefficient (Wildman–Crippen LogP) is 4.18. The zero-order chi connectivity index (χ0) is 17.5. The van der Waals surface area contributed by atoms with Crippen LogP contribution in [0.3, 0.4) is 0 Å². The minimum Gasteiger partial charge on any atom is -0.389 e. The van der Waals surface area contributed by atoms with Crippen molar-refractivity contribution in [2.45, 2.75) is 65.2 Å². The van der Waals surface area contributed by atoms with Crippen molar-refractivity contribution in [1.29, 1.82) is 0 Å². The first-order chi connectivity index (χ1) is 11.5. The van der Waals surface area contributed by atoms with Gasteiger partial charge in [-0.2, -0.15) is 0 Å². The molecule has 136 valence electrons. The molecule has 0 aromatic heterocycles. The summed E-state index contributed by atoms with van der Waals surface area (Å²) in [6.45, 7) is 10.00. The SMILES string of the molecule is CC(C)[C@H]1CC[C@H](C)C[C@H]1OC[C@H](O)CN[C@@H](C)c1ccccc1. The molecule has 5 atom stereocenters. The van der Waals surface area contributed by atoms with Gasteiger partial charge in [-0.1, -0.05) is 57.5 Å². The third-order valence-electron chi connectivity index (χ3n) is 5.42. The molecule has 0 spiro atoms. The Bertz CT molecular complexity index is 462. The highest BCUT2D eigenvalue weighted by Gasteiger charge is 2.31. The number of benzene rings is 1. The molecule has 3 heteroatoms. The maximum atomic E-state index is 10.3. The van der Waals surface area contributed by atoms with Crippen molar-refractivity contribution >= 4 is 0 Å². The van der Waals surface area contributed by atoms with Crippen LogP contribution < -0.4 is 5.32 Å². The maximum Gasteiger partial charge on any atom is 0.0898 e. The summed E-state index contributed by atoms with van der Waals surface area (Å²) in [5.41, 5.74) is 1.24. The summed E-state index contributed by atoms with van der Waals surface area (Å²) in [6.07, 6.45) is 3.53. The first-order valence-electron chi connectivity index (χ1n) is 9.55. The topological polar surface area (TPSA) is 41.5 Å². The van der Waals surface area contributed by atoms with Gasteiger partial charge in [-0.3, -0.25) is 0 Å². The molecule has 1 aliphatic carbocycles. The molecule has 0 aliphatic heterocycles. The third kappa shape index (κ3) is 5.87. The Labute approximate surface area is 147 Å². The van der Waals surface area contributed by atoms with Gasteiger partial charge < -0.3 is 15.2 Å². The van der Waals surface area contributed by atoms with E-state index in [1.807, 2.05) is 18.2 Å². The molecular weight excluding hydrogens is 298 g/mol. The zero-order valence-corrected chi connectivity index (χ0v) is 15.7. The van der Waals surface area contributed by atoms with Gasteiger partial charge in [0.05, 0.1) is 18.8 Å². The molecule has 1 fully saturated rings. The number of hydrogen-bond donors (Lipinski definition) is 2. The highest BCUT2D eigenvalue weighted by molar-refractivity contribution is 5.17. The second-order valence-corrected chi connectivity index (χ2v) is 7.89. The van der Waals surface area contributed by atoms with Crippen LogP contribution >= 0.6 is 0 Å². The van der Waals surface area contributed by atoms with Gasteiger partial charge in [0.2, 0.25) is 0 Å². The summed E-state index contributed by atoms with van der Waals surface area (Å²) in [5.74, 6) is 2.01. The predicted molar refractivity (Wildman–Crippen MR) is 99.9 cm³/mol. The Kier molecular flexibility index (Phi) is 7.73.